The first-order valence-corrected chi connectivity index (χ1v) is 7.70. The highest BCUT2D eigenvalue weighted by Gasteiger charge is 2.06. The van der Waals surface area contributed by atoms with E-state index in [1.165, 1.54) is 0 Å². The van der Waals surface area contributed by atoms with Gasteiger partial charge in [0.15, 0.2) is 0 Å². The third kappa shape index (κ3) is 5.49. The van der Waals surface area contributed by atoms with Crippen molar-refractivity contribution in [2.75, 3.05) is 13.7 Å². The summed E-state index contributed by atoms with van der Waals surface area (Å²) in [6.07, 6.45) is 0.870. The van der Waals surface area contributed by atoms with E-state index in [0.29, 0.717) is 23.8 Å². The number of benzene rings is 2. The molecule has 0 aliphatic rings. The van der Waals surface area contributed by atoms with Crippen LogP contribution in [0.3, 0.4) is 0 Å². The summed E-state index contributed by atoms with van der Waals surface area (Å²) in [6.45, 7) is 2.31. The minimum atomic E-state index is -0.287. The van der Waals surface area contributed by atoms with Crippen LogP contribution in [0.25, 0.3) is 0 Å². The molecule has 0 bridgehead atoms. The van der Waals surface area contributed by atoms with E-state index in [2.05, 4.69) is 0 Å². The Bertz CT molecular complexity index is 653. The van der Waals surface area contributed by atoms with Crippen LogP contribution in [0.5, 0.6) is 17.2 Å². The van der Waals surface area contributed by atoms with Crippen molar-refractivity contribution in [1.82, 2.24) is 0 Å². The first-order chi connectivity index (χ1) is 11.1. The molecule has 2 aromatic rings. The van der Waals surface area contributed by atoms with Gasteiger partial charge in [-0.15, -0.1) is 0 Å². The van der Waals surface area contributed by atoms with Gasteiger partial charge in [0.2, 0.25) is 0 Å². The highest BCUT2D eigenvalue weighted by molar-refractivity contribution is 6.31. The second-order valence-corrected chi connectivity index (χ2v) is 5.42. The van der Waals surface area contributed by atoms with Crippen LogP contribution in [0.1, 0.15) is 18.4 Å². The van der Waals surface area contributed by atoms with Gasteiger partial charge in [0, 0.05) is 11.4 Å². The van der Waals surface area contributed by atoms with E-state index in [0.717, 1.165) is 17.1 Å². The number of ether oxygens (including phenoxy) is 3. The Kier molecular flexibility index (Phi) is 6.29. The molecule has 2 aromatic carbocycles. The number of halogens is 1. The average Bonchev–Trinajstić information content (AvgIpc) is 2.55. The fourth-order valence-corrected chi connectivity index (χ4v) is 2.06. The molecule has 0 fully saturated rings. The van der Waals surface area contributed by atoms with Crippen molar-refractivity contribution in [3.8, 4) is 17.2 Å². The number of carbonyl (C=O) groups excluding carboxylic acids is 1. The number of aryl methyl sites for hydroxylation is 1. The zero-order valence-corrected chi connectivity index (χ0v) is 13.9. The van der Waals surface area contributed by atoms with Gasteiger partial charge in [-0.1, -0.05) is 11.6 Å². The molecule has 0 amide bonds. The maximum absolute atomic E-state index is 11.8. The summed E-state index contributed by atoms with van der Waals surface area (Å²) in [6, 6.07) is 12.4. The molecule has 0 saturated heterocycles. The number of methoxy groups -OCH3 is 1. The van der Waals surface area contributed by atoms with Crippen LogP contribution in [0.15, 0.2) is 42.5 Å². The van der Waals surface area contributed by atoms with Crippen molar-refractivity contribution in [3.05, 3.63) is 53.1 Å². The highest BCUT2D eigenvalue weighted by Crippen LogP contribution is 2.21. The molecule has 0 saturated carbocycles. The summed E-state index contributed by atoms with van der Waals surface area (Å²) in [4.78, 5) is 11.8. The molecule has 4 nitrogen and oxygen atoms in total. The first kappa shape index (κ1) is 17.2. The van der Waals surface area contributed by atoms with Crippen molar-refractivity contribution < 1.29 is 19.0 Å². The third-order valence-corrected chi connectivity index (χ3v) is 3.64. The first-order valence-electron chi connectivity index (χ1n) is 7.32. The van der Waals surface area contributed by atoms with Crippen LogP contribution in [-0.4, -0.2) is 19.7 Å². The normalized spacial score (nSPS) is 10.2. The number of esters is 1. The molecule has 0 aliphatic carbocycles. The zero-order chi connectivity index (χ0) is 16.7. The van der Waals surface area contributed by atoms with Crippen molar-refractivity contribution in [2.45, 2.75) is 19.8 Å². The molecular weight excluding hydrogens is 316 g/mol. The third-order valence-electron chi connectivity index (χ3n) is 3.21. The molecule has 0 N–H and O–H groups in total. The summed E-state index contributed by atoms with van der Waals surface area (Å²) < 4.78 is 15.9. The monoisotopic (exact) mass is 334 g/mol. The summed E-state index contributed by atoms with van der Waals surface area (Å²) >= 11 is 5.93. The molecule has 0 heterocycles. The standard InChI is InChI=1S/C18H19ClO4/c1-13-12-16(9-10-17(13)19)23-18(20)4-3-11-22-15-7-5-14(21-2)6-8-15/h5-10,12H,3-4,11H2,1-2H3. The van der Waals surface area contributed by atoms with Crippen LogP contribution in [0, 0.1) is 6.92 Å². The van der Waals surface area contributed by atoms with E-state index in [1.54, 1.807) is 25.3 Å². The predicted molar refractivity (Wildman–Crippen MR) is 89.5 cm³/mol. The summed E-state index contributed by atoms with van der Waals surface area (Å²) in [5.41, 5.74) is 0.875. The van der Waals surface area contributed by atoms with Crippen molar-refractivity contribution in [2.24, 2.45) is 0 Å². The fraction of sp³-hybridized carbons (Fsp3) is 0.278. The molecule has 5 heteroatoms. The number of hydrogen-bond donors (Lipinski definition) is 0. The van der Waals surface area contributed by atoms with Crippen LogP contribution in [0.4, 0.5) is 0 Å². The molecule has 2 rings (SSSR count). The fourth-order valence-electron chi connectivity index (χ4n) is 1.94. The maximum Gasteiger partial charge on any atom is 0.311 e. The minimum absolute atomic E-state index is 0.287. The Hall–Kier alpha value is -2.20. The van der Waals surface area contributed by atoms with Gasteiger partial charge in [0.25, 0.3) is 0 Å². The molecule has 122 valence electrons. The summed E-state index contributed by atoms with van der Waals surface area (Å²) in [5, 5.41) is 0.651. The SMILES string of the molecule is COc1ccc(OCCCC(=O)Oc2ccc(Cl)c(C)c2)cc1. The van der Waals surface area contributed by atoms with Crippen LogP contribution in [0.2, 0.25) is 5.02 Å². The topological polar surface area (TPSA) is 44.8 Å². The Labute approximate surface area is 140 Å². The van der Waals surface area contributed by atoms with Crippen LogP contribution < -0.4 is 14.2 Å². The molecule has 0 unspecified atom stereocenters. The Balaban J connectivity index is 1.70. The summed E-state index contributed by atoms with van der Waals surface area (Å²) in [7, 11) is 1.61. The van der Waals surface area contributed by atoms with Gasteiger partial charge in [-0.2, -0.15) is 0 Å². The van der Waals surface area contributed by atoms with E-state index < -0.39 is 0 Å². The number of hydrogen-bond acceptors (Lipinski definition) is 4. The maximum atomic E-state index is 11.8. The molecule has 0 radical (unpaired) electrons. The molecule has 0 aromatic heterocycles. The van der Waals surface area contributed by atoms with E-state index in [1.807, 2.05) is 31.2 Å². The average molecular weight is 335 g/mol. The second-order valence-electron chi connectivity index (χ2n) is 5.01. The second kappa shape index (κ2) is 8.44. The highest BCUT2D eigenvalue weighted by atomic mass is 35.5. The van der Waals surface area contributed by atoms with Crippen molar-refractivity contribution in [1.29, 1.82) is 0 Å². The zero-order valence-electron chi connectivity index (χ0n) is 13.2. The Morgan fingerprint density at radius 1 is 1.04 bits per heavy atom. The van der Waals surface area contributed by atoms with Gasteiger partial charge in [-0.3, -0.25) is 4.79 Å². The van der Waals surface area contributed by atoms with Gasteiger partial charge < -0.3 is 14.2 Å². The van der Waals surface area contributed by atoms with Gasteiger partial charge in [0.05, 0.1) is 13.7 Å². The number of rotatable bonds is 7. The predicted octanol–water partition coefficient (Wildman–Crippen LogP) is 4.42. The van der Waals surface area contributed by atoms with Gasteiger partial charge >= 0.3 is 5.97 Å². The molecule has 0 spiro atoms. The number of carbonyl (C=O) groups is 1. The lowest BCUT2D eigenvalue weighted by Crippen LogP contribution is -2.10. The minimum Gasteiger partial charge on any atom is -0.497 e. The van der Waals surface area contributed by atoms with E-state index in [9.17, 15) is 4.79 Å². The molecule has 23 heavy (non-hydrogen) atoms. The van der Waals surface area contributed by atoms with Gasteiger partial charge in [0.1, 0.15) is 17.2 Å². The molecular formula is C18H19ClO4. The van der Waals surface area contributed by atoms with E-state index in [-0.39, 0.29) is 12.4 Å². The lowest BCUT2D eigenvalue weighted by molar-refractivity contribution is -0.134. The van der Waals surface area contributed by atoms with E-state index in [4.69, 9.17) is 25.8 Å². The molecule has 0 aliphatic heterocycles. The van der Waals surface area contributed by atoms with Crippen LogP contribution >= 0.6 is 11.6 Å². The van der Waals surface area contributed by atoms with Crippen molar-refractivity contribution >= 4 is 17.6 Å². The van der Waals surface area contributed by atoms with Gasteiger partial charge in [-0.25, -0.2) is 0 Å². The summed E-state index contributed by atoms with van der Waals surface area (Å²) in [5.74, 6) is 1.74. The van der Waals surface area contributed by atoms with Crippen LogP contribution in [-0.2, 0) is 4.79 Å². The van der Waals surface area contributed by atoms with E-state index >= 15 is 0 Å². The quantitative estimate of drug-likeness (QED) is 0.427. The van der Waals surface area contributed by atoms with Gasteiger partial charge in [-0.05, 0) is 61.4 Å². The van der Waals surface area contributed by atoms with Crippen molar-refractivity contribution in [3.63, 3.8) is 0 Å². The lowest BCUT2D eigenvalue weighted by Gasteiger charge is -2.08. The Morgan fingerprint density at radius 3 is 2.35 bits per heavy atom. The Morgan fingerprint density at radius 2 is 1.70 bits per heavy atom. The largest absolute Gasteiger partial charge is 0.497 e. The smallest absolute Gasteiger partial charge is 0.311 e. The molecule has 0 atom stereocenters. The lowest BCUT2D eigenvalue weighted by atomic mass is 10.2.